The molecule has 3 aromatic heterocycles. The van der Waals surface area contributed by atoms with E-state index < -0.39 is 25.2 Å². The monoisotopic (exact) mass is 497 g/mol. The molecule has 12 heteroatoms. The van der Waals surface area contributed by atoms with Crippen LogP contribution in [-0.4, -0.2) is 44.4 Å². The lowest BCUT2D eigenvalue weighted by Crippen LogP contribution is -2.24. The summed E-state index contributed by atoms with van der Waals surface area (Å²) in [6.45, 7) is -3.89. The van der Waals surface area contributed by atoms with Crippen LogP contribution in [0.15, 0.2) is 71.8 Å². The third kappa shape index (κ3) is 4.65. The second-order valence-corrected chi connectivity index (χ2v) is 7.44. The van der Waals surface area contributed by atoms with Gasteiger partial charge in [0.1, 0.15) is 16.8 Å². The Morgan fingerprint density at radius 1 is 0.861 bits per heavy atom. The second-order valence-electron chi connectivity index (χ2n) is 7.44. The second kappa shape index (κ2) is 9.56. The van der Waals surface area contributed by atoms with Gasteiger partial charge >= 0.3 is 6.61 Å². The Balaban J connectivity index is 1.70. The molecule has 8 nitrogen and oxygen atoms in total. The summed E-state index contributed by atoms with van der Waals surface area (Å²) in [6, 6.07) is 13.2. The van der Waals surface area contributed by atoms with Crippen molar-refractivity contribution in [1.29, 1.82) is 0 Å². The van der Waals surface area contributed by atoms with Crippen LogP contribution in [0.3, 0.4) is 0 Å². The molecule has 5 aromatic rings. The summed E-state index contributed by atoms with van der Waals surface area (Å²) in [6.07, 6.45) is 0.343. The number of halogens is 4. The van der Waals surface area contributed by atoms with Gasteiger partial charge in [-0.2, -0.15) is 18.6 Å². The minimum absolute atomic E-state index is 0.0605. The fraction of sp³-hybridized carbons (Fsp3) is 0.125. The molecule has 0 aliphatic carbocycles. The van der Waals surface area contributed by atoms with Gasteiger partial charge in [-0.3, -0.25) is 14.8 Å². The summed E-state index contributed by atoms with van der Waals surface area (Å²) < 4.78 is 60.9. The minimum atomic E-state index is -3.01. The van der Waals surface area contributed by atoms with Crippen LogP contribution in [0.5, 0.6) is 11.6 Å². The van der Waals surface area contributed by atoms with Crippen LogP contribution in [0.1, 0.15) is 0 Å². The number of hydrogen-bond acceptors (Lipinski definition) is 7. The van der Waals surface area contributed by atoms with Crippen LogP contribution in [0, 0.1) is 0 Å². The molecule has 0 aliphatic rings. The Kier molecular flexibility index (Phi) is 6.15. The lowest BCUT2D eigenvalue weighted by atomic mass is 10.1. The maximum atomic E-state index is 13.7. The third-order valence-electron chi connectivity index (χ3n) is 5.12. The summed E-state index contributed by atoms with van der Waals surface area (Å²) in [4.78, 5) is 26.4. The number of nitrogens with zero attached hydrogens (tertiary/aromatic N) is 5. The van der Waals surface area contributed by atoms with Crippen LogP contribution in [-0.2, 0) is 0 Å². The molecule has 0 fully saturated rings. The number of rotatable bonds is 7. The zero-order chi connectivity index (χ0) is 25.2. The van der Waals surface area contributed by atoms with Crippen LogP contribution in [0.25, 0.3) is 38.9 Å². The molecule has 0 saturated carbocycles. The molecule has 36 heavy (non-hydrogen) atoms. The van der Waals surface area contributed by atoms with E-state index in [1.54, 1.807) is 24.4 Å². The van der Waals surface area contributed by atoms with E-state index in [2.05, 4.69) is 24.8 Å². The van der Waals surface area contributed by atoms with Crippen molar-refractivity contribution >= 4 is 22.1 Å². The first-order valence-corrected chi connectivity index (χ1v) is 10.5. The topological polar surface area (TPSA) is 92.0 Å². The van der Waals surface area contributed by atoms with E-state index >= 15 is 0 Å². The smallest absolute Gasteiger partial charge is 0.387 e. The maximum Gasteiger partial charge on any atom is 0.387 e. The molecule has 0 bridgehead atoms. The SMILES string of the molecule is O=c1c(-c2ccc(OC(F)F)cc2)c2nc(OCC(F)F)ccc2nn1-c1ccc2nccnc2c1. The van der Waals surface area contributed by atoms with E-state index in [9.17, 15) is 22.4 Å². The number of aromatic nitrogens is 5. The van der Waals surface area contributed by atoms with E-state index in [0.717, 1.165) is 4.68 Å². The maximum absolute atomic E-state index is 13.7. The van der Waals surface area contributed by atoms with E-state index in [1.165, 1.54) is 42.6 Å². The number of benzene rings is 2. The molecule has 0 aliphatic heterocycles. The number of alkyl halides is 4. The van der Waals surface area contributed by atoms with Crippen molar-refractivity contribution in [3.05, 3.63) is 77.3 Å². The first-order chi connectivity index (χ1) is 17.4. The average Bonchev–Trinajstić information content (AvgIpc) is 2.87. The molecular weight excluding hydrogens is 482 g/mol. The van der Waals surface area contributed by atoms with Gasteiger partial charge in [0.25, 0.3) is 12.0 Å². The third-order valence-corrected chi connectivity index (χ3v) is 5.12. The van der Waals surface area contributed by atoms with Crippen LogP contribution in [0.4, 0.5) is 17.6 Å². The predicted molar refractivity (Wildman–Crippen MR) is 122 cm³/mol. The van der Waals surface area contributed by atoms with Crippen molar-refractivity contribution in [2.75, 3.05) is 6.61 Å². The first-order valence-electron chi connectivity index (χ1n) is 10.5. The van der Waals surface area contributed by atoms with E-state index in [0.29, 0.717) is 22.3 Å². The largest absolute Gasteiger partial charge is 0.472 e. The minimum Gasteiger partial charge on any atom is -0.472 e. The molecule has 0 saturated heterocycles. The highest BCUT2D eigenvalue weighted by molar-refractivity contribution is 5.91. The van der Waals surface area contributed by atoms with Crippen LogP contribution < -0.4 is 15.0 Å². The fourth-order valence-corrected chi connectivity index (χ4v) is 3.61. The van der Waals surface area contributed by atoms with Crippen molar-refractivity contribution in [3.63, 3.8) is 0 Å². The van der Waals surface area contributed by atoms with Crippen LogP contribution >= 0.6 is 0 Å². The van der Waals surface area contributed by atoms with Crippen molar-refractivity contribution < 1.29 is 27.0 Å². The molecule has 0 unspecified atom stereocenters. The van der Waals surface area contributed by atoms with Crippen molar-refractivity contribution in [2.24, 2.45) is 0 Å². The van der Waals surface area contributed by atoms with Crippen molar-refractivity contribution in [1.82, 2.24) is 24.7 Å². The fourth-order valence-electron chi connectivity index (χ4n) is 3.61. The van der Waals surface area contributed by atoms with Crippen molar-refractivity contribution in [3.8, 4) is 28.4 Å². The van der Waals surface area contributed by atoms with Gasteiger partial charge in [0.2, 0.25) is 5.88 Å². The lowest BCUT2D eigenvalue weighted by Gasteiger charge is -2.13. The van der Waals surface area contributed by atoms with Crippen LogP contribution in [0.2, 0.25) is 0 Å². The standard InChI is InChI=1S/C24H15F4N5O3/c25-19(26)12-35-20-8-7-17-22(31-20)21(13-1-4-15(5-2-13)36-24(27)28)23(34)33(32-17)14-3-6-16-18(11-14)30-10-9-29-16/h1-11,19,24H,12H2. The lowest BCUT2D eigenvalue weighted by molar-refractivity contribution is -0.0498. The van der Waals surface area contributed by atoms with Gasteiger partial charge in [-0.15, -0.1) is 0 Å². The average molecular weight is 497 g/mol. The van der Waals surface area contributed by atoms with Crippen molar-refractivity contribution in [2.45, 2.75) is 13.0 Å². The molecule has 0 radical (unpaired) electrons. The number of ether oxygens (including phenoxy) is 2. The van der Waals surface area contributed by atoms with Gasteiger partial charge in [-0.1, -0.05) is 12.1 Å². The molecule has 3 heterocycles. The van der Waals surface area contributed by atoms with Gasteiger partial charge < -0.3 is 9.47 Å². The number of fused-ring (bicyclic) bond motifs is 2. The predicted octanol–water partition coefficient (Wildman–Crippen LogP) is 4.64. The highest BCUT2D eigenvalue weighted by atomic mass is 19.3. The van der Waals surface area contributed by atoms with E-state index in [-0.39, 0.29) is 28.2 Å². The first kappa shape index (κ1) is 23.1. The Morgan fingerprint density at radius 3 is 2.31 bits per heavy atom. The number of hydrogen-bond donors (Lipinski definition) is 0. The Hall–Kier alpha value is -4.61. The summed E-state index contributed by atoms with van der Waals surface area (Å²) in [5.41, 5.74) is 1.69. The highest BCUT2D eigenvalue weighted by Crippen LogP contribution is 2.28. The zero-order valence-electron chi connectivity index (χ0n) is 18.2. The Labute approximate surface area is 199 Å². The molecule has 0 spiro atoms. The van der Waals surface area contributed by atoms with E-state index in [4.69, 9.17) is 4.74 Å². The molecule has 0 N–H and O–H groups in total. The Bertz CT molecular complexity index is 1610. The molecule has 2 aromatic carbocycles. The van der Waals surface area contributed by atoms with Gasteiger partial charge in [0.15, 0.2) is 6.61 Å². The Morgan fingerprint density at radius 2 is 1.58 bits per heavy atom. The van der Waals surface area contributed by atoms with Gasteiger partial charge in [-0.05, 0) is 42.0 Å². The quantitative estimate of drug-likeness (QED) is 0.303. The van der Waals surface area contributed by atoms with E-state index in [1.807, 2.05) is 0 Å². The summed E-state index contributed by atoms with van der Waals surface area (Å²) >= 11 is 0. The summed E-state index contributed by atoms with van der Waals surface area (Å²) in [5.74, 6) is -0.226. The van der Waals surface area contributed by atoms with Gasteiger partial charge in [0.05, 0.1) is 22.3 Å². The van der Waals surface area contributed by atoms with Gasteiger partial charge in [-0.25, -0.2) is 13.8 Å². The van der Waals surface area contributed by atoms with Gasteiger partial charge in [0, 0.05) is 18.5 Å². The summed E-state index contributed by atoms with van der Waals surface area (Å²) in [7, 11) is 0. The molecule has 0 atom stereocenters. The molecular formula is C24H15F4N5O3. The molecule has 5 rings (SSSR count). The zero-order valence-corrected chi connectivity index (χ0v) is 18.2. The molecule has 182 valence electrons. The normalized spacial score (nSPS) is 11.5. The highest BCUT2D eigenvalue weighted by Gasteiger charge is 2.18. The molecule has 0 amide bonds. The summed E-state index contributed by atoms with van der Waals surface area (Å²) in [5, 5.41) is 4.40. The number of pyridine rings is 1.